The smallest absolute Gasteiger partial charge is 0.244 e. The molecule has 0 unspecified atom stereocenters. The molecule has 4 rings (SSSR count). The Morgan fingerprint density at radius 1 is 1.12 bits per heavy atom. The summed E-state index contributed by atoms with van der Waals surface area (Å²) < 4.78 is 11.9. The van der Waals surface area contributed by atoms with Crippen LogP contribution in [0.1, 0.15) is 30.5 Å². The fourth-order valence-corrected chi connectivity index (χ4v) is 4.03. The molecule has 0 spiro atoms. The van der Waals surface area contributed by atoms with Gasteiger partial charge in [0.25, 0.3) is 0 Å². The minimum Gasteiger partial charge on any atom is -0.493 e. The van der Waals surface area contributed by atoms with Crippen molar-refractivity contribution < 1.29 is 13.9 Å². The lowest BCUT2D eigenvalue weighted by molar-refractivity contribution is -0.116. The lowest BCUT2D eigenvalue weighted by Gasteiger charge is -2.15. The van der Waals surface area contributed by atoms with Crippen LogP contribution >= 0.6 is 11.6 Å². The van der Waals surface area contributed by atoms with E-state index in [2.05, 4.69) is 5.32 Å². The number of halogens is 1. The van der Waals surface area contributed by atoms with Crippen LogP contribution in [0.25, 0.3) is 27.7 Å². The third-order valence-corrected chi connectivity index (χ3v) is 5.82. The van der Waals surface area contributed by atoms with E-state index in [-0.39, 0.29) is 5.91 Å². The summed E-state index contributed by atoms with van der Waals surface area (Å²) in [5, 5.41) is 4.60. The third kappa shape index (κ3) is 4.96. The average Bonchev–Trinajstić information content (AvgIpc) is 3.25. The lowest BCUT2D eigenvalue weighted by Crippen LogP contribution is -2.20. The molecular formula is C28H26ClNO3. The van der Waals surface area contributed by atoms with Gasteiger partial charge in [-0.25, -0.2) is 0 Å². The van der Waals surface area contributed by atoms with Gasteiger partial charge in [-0.2, -0.15) is 0 Å². The number of nitrogens with one attached hydrogen (secondary N) is 1. The first kappa shape index (κ1) is 22.7. The number of benzene rings is 3. The molecule has 0 saturated carbocycles. The number of amides is 1. The van der Waals surface area contributed by atoms with E-state index in [1.807, 2.05) is 81.4 Å². The summed E-state index contributed by atoms with van der Waals surface area (Å²) in [6, 6.07) is 19.5. The quantitative estimate of drug-likeness (QED) is 0.298. The lowest BCUT2D eigenvalue weighted by atomic mass is 9.96. The molecule has 0 saturated heterocycles. The molecule has 1 aromatic heterocycles. The van der Waals surface area contributed by atoms with Gasteiger partial charge >= 0.3 is 0 Å². The van der Waals surface area contributed by atoms with Gasteiger partial charge < -0.3 is 14.5 Å². The molecule has 168 valence electrons. The zero-order valence-corrected chi connectivity index (χ0v) is 19.7. The standard InChI is InChI=1S/C28H26ClNO3/c1-4-32-27-19(3)28-24(25(17-33-28)21-10-12-22(29)13-11-21)15-23(27)18(2)14-26(31)30-16-20-8-6-5-7-9-20/h5-15,17H,4,16H2,1-3H3,(H,30,31)/b18-14+. The Bertz CT molecular complexity index is 1300. The summed E-state index contributed by atoms with van der Waals surface area (Å²) in [7, 11) is 0. The molecule has 0 radical (unpaired) electrons. The van der Waals surface area contributed by atoms with Gasteiger partial charge in [-0.05, 0) is 55.7 Å². The third-order valence-electron chi connectivity index (χ3n) is 5.57. The number of hydrogen-bond acceptors (Lipinski definition) is 3. The van der Waals surface area contributed by atoms with E-state index >= 15 is 0 Å². The van der Waals surface area contributed by atoms with Gasteiger partial charge in [0.1, 0.15) is 11.3 Å². The SMILES string of the molecule is CCOc1c(/C(C)=C/C(=O)NCc2ccccc2)cc2c(-c3ccc(Cl)cc3)coc2c1C. The molecule has 3 aromatic carbocycles. The Labute approximate surface area is 198 Å². The van der Waals surface area contributed by atoms with Crippen LogP contribution in [0.15, 0.2) is 77.4 Å². The van der Waals surface area contributed by atoms with Crippen molar-refractivity contribution in [2.75, 3.05) is 6.61 Å². The van der Waals surface area contributed by atoms with Gasteiger partial charge in [0, 0.05) is 39.7 Å². The van der Waals surface area contributed by atoms with Crippen molar-refractivity contribution in [1.82, 2.24) is 5.32 Å². The number of hydrogen-bond donors (Lipinski definition) is 1. The van der Waals surface area contributed by atoms with E-state index in [1.54, 1.807) is 12.3 Å². The van der Waals surface area contributed by atoms with Crippen LogP contribution in [-0.4, -0.2) is 12.5 Å². The number of carbonyl (C=O) groups excluding carboxylic acids is 1. The molecule has 1 amide bonds. The number of furan rings is 1. The van der Waals surface area contributed by atoms with Crippen LogP contribution in [0.3, 0.4) is 0 Å². The van der Waals surface area contributed by atoms with Gasteiger partial charge in [0.2, 0.25) is 5.91 Å². The first-order valence-electron chi connectivity index (χ1n) is 10.9. The average molecular weight is 460 g/mol. The second-order valence-corrected chi connectivity index (χ2v) is 8.31. The first-order valence-corrected chi connectivity index (χ1v) is 11.3. The number of aryl methyl sites for hydroxylation is 1. The molecule has 5 heteroatoms. The topological polar surface area (TPSA) is 51.5 Å². The molecule has 0 aliphatic heterocycles. The van der Waals surface area contributed by atoms with Crippen LogP contribution in [0, 0.1) is 6.92 Å². The Kier molecular flexibility index (Phi) is 6.85. The van der Waals surface area contributed by atoms with Crippen molar-refractivity contribution in [3.05, 3.63) is 94.7 Å². The molecular weight excluding hydrogens is 434 g/mol. The monoisotopic (exact) mass is 459 g/mol. The maximum atomic E-state index is 12.6. The van der Waals surface area contributed by atoms with E-state index in [0.29, 0.717) is 18.2 Å². The summed E-state index contributed by atoms with van der Waals surface area (Å²) >= 11 is 6.07. The summed E-state index contributed by atoms with van der Waals surface area (Å²) in [5.41, 5.74) is 6.39. The van der Waals surface area contributed by atoms with Crippen LogP contribution in [0.4, 0.5) is 0 Å². The predicted octanol–water partition coefficient (Wildman–Crippen LogP) is 7.18. The van der Waals surface area contributed by atoms with Gasteiger partial charge in [-0.1, -0.05) is 54.1 Å². The van der Waals surface area contributed by atoms with E-state index in [1.165, 1.54) is 0 Å². The molecule has 0 atom stereocenters. The van der Waals surface area contributed by atoms with Crippen molar-refractivity contribution in [2.24, 2.45) is 0 Å². The van der Waals surface area contributed by atoms with Crippen LogP contribution in [0.5, 0.6) is 5.75 Å². The maximum absolute atomic E-state index is 12.6. The predicted molar refractivity (Wildman–Crippen MR) is 135 cm³/mol. The second kappa shape index (κ2) is 9.97. The Morgan fingerprint density at radius 3 is 2.55 bits per heavy atom. The summed E-state index contributed by atoms with van der Waals surface area (Å²) in [6.45, 7) is 6.84. The minimum atomic E-state index is -0.151. The molecule has 0 aliphatic carbocycles. The van der Waals surface area contributed by atoms with Crippen LogP contribution in [0.2, 0.25) is 5.02 Å². The maximum Gasteiger partial charge on any atom is 0.244 e. The van der Waals surface area contributed by atoms with Crippen molar-refractivity contribution in [1.29, 1.82) is 0 Å². The van der Waals surface area contributed by atoms with Crippen LogP contribution in [-0.2, 0) is 11.3 Å². The summed E-state index contributed by atoms with van der Waals surface area (Å²) in [4.78, 5) is 12.6. The molecule has 4 nitrogen and oxygen atoms in total. The van der Waals surface area contributed by atoms with Gasteiger partial charge in [0.15, 0.2) is 0 Å². The Morgan fingerprint density at radius 2 is 1.85 bits per heavy atom. The van der Waals surface area contributed by atoms with Gasteiger partial charge in [-0.15, -0.1) is 0 Å². The van der Waals surface area contributed by atoms with Crippen LogP contribution < -0.4 is 10.1 Å². The molecule has 1 heterocycles. The zero-order chi connectivity index (χ0) is 23.4. The van der Waals surface area contributed by atoms with Gasteiger partial charge in [-0.3, -0.25) is 4.79 Å². The highest BCUT2D eigenvalue weighted by Gasteiger charge is 2.19. The van der Waals surface area contributed by atoms with E-state index in [4.69, 9.17) is 20.8 Å². The van der Waals surface area contributed by atoms with Crippen molar-refractivity contribution in [2.45, 2.75) is 27.3 Å². The molecule has 4 aromatic rings. The number of rotatable bonds is 7. The highest BCUT2D eigenvalue weighted by atomic mass is 35.5. The van der Waals surface area contributed by atoms with Crippen molar-refractivity contribution in [3.8, 4) is 16.9 Å². The summed E-state index contributed by atoms with van der Waals surface area (Å²) in [5.74, 6) is 0.577. The highest BCUT2D eigenvalue weighted by Crippen LogP contribution is 2.40. The van der Waals surface area contributed by atoms with Gasteiger partial charge in [0.05, 0.1) is 12.9 Å². The fourth-order valence-electron chi connectivity index (χ4n) is 3.90. The fraction of sp³-hybridized carbons (Fsp3) is 0.179. The molecule has 0 bridgehead atoms. The van der Waals surface area contributed by atoms with E-state index in [0.717, 1.165) is 50.1 Å². The number of ether oxygens (including phenoxy) is 1. The zero-order valence-electron chi connectivity index (χ0n) is 18.9. The van der Waals surface area contributed by atoms with E-state index in [9.17, 15) is 4.79 Å². The molecule has 0 aliphatic rings. The Hall–Kier alpha value is -3.50. The summed E-state index contributed by atoms with van der Waals surface area (Å²) in [6.07, 6.45) is 3.38. The number of fused-ring (bicyclic) bond motifs is 1. The van der Waals surface area contributed by atoms with Crippen molar-refractivity contribution >= 4 is 34.1 Å². The second-order valence-electron chi connectivity index (χ2n) is 7.87. The largest absolute Gasteiger partial charge is 0.493 e. The van der Waals surface area contributed by atoms with E-state index < -0.39 is 0 Å². The first-order chi connectivity index (χ1) is 16.0. The highest BCUT2D eigenvalue weighted by molar-refractivity contribution is 6.30. The number of carbonyl (C=O) groups is 1. The molecule has 1 N–H and O–H groups in total. The minimum absolute atomic E-state index is 0.151. The Balaban J connectivity index is 1.72. The van der Waals surface area contributed by atoms with Crippen molar-refractivity contribution in [3.63, 3.8) is 0 Å². The normalized spacial score (nSPS) is 11.6. The molecule has 0 fully saturated rings. The molecule has 33 heavy (non-hydrogen) atoms. The number of allylic oxidation sites excluding steroid dienone is 1.